The van der Waals surface area contributed by atoms with Gasteiger partial charge < -0.3 is 10.2 Å². The van der Waals surface area contributed by atoms with E-state index in [1.807, 2.05) is 13.1 Å². The van der Waals surface area contributed by atoms with Crippen molar-refractivity contribution in [2.45, 2.75) is 37.0 Å². The topological polar surface area (TPSA) is 15.3 Å². The SMILES string of the molecule is C=C(/C=C/C=C/C=C/C=C1/N(C)c2ccc3ccccc3c2C1(C)Cc1ccccc1)C(Cc1ccccc1)(Cc1ccccc1)c1cc(Cl)ccc1NC. The van der Waals surface area contributed by atoms with Crippen molar-refractivity contribution in [3.8, 4) is 0 Å². The molecule has 0 amide bonds. The van der Waals surface area contributed by atoms with Crippen molar-refractivity contribution in [3.63, 3.8) is 0 Å². The molecule has 1 unspecified atom stereocenters. The number of hydrogen-bond acceptors (Lipinski definition) is 2. The van der Waals surface area contributed by atoms with E-state index in [1.54, 1.807) is 0 Å². The zero-order valence-corrected chi connectivity index (χ0v) is 32.8. The lowest BCUT2D eigenvalue weighted by Crippen LogP contribution is -2.34. The van der Waals surface area contributed by atoms with Crippen LogP contribution in [0.2, 0.25) is 5.02 Å². The Labute approximate surface area is 332 Å². The van der Waals surface area contributed by atoms with Crippen LogP contribution in [0.1, 0.15) is 34.7 Å². The van der Waals surface area contributed by atoms with Gasteiger partial charge in [0.1, 0.15) is 0 Å². The van der Waals surface area contributed by atoms with Crippen molar-refractivity contribution in [1.82, 2.24) is 0 Å². The number of rotatable bonds is 13. The maximum absolute atomic E-state index is 6.73. The van der Waals surface area contributed by atoms with E-state index in [0.717, 1.165) is 36.1 Å². The first kappa shape index (κ1) is 37.5. The second kappa shape index (κ2) is 16.7. The number of nitrogens with one attached hydrogen (secondary N) is 1. The van der Waals surface area contributed by atoms with Crippen LogP contribution >= 0.6 is 11.6 Å². The molecule has 274 valence electrons. The maximum Gasteiger partial charge on any atom is 0.0454 e. The normalized spacial score (nSPS) is 16.5. The Kier molecular flexibility index (Phi) is 11.4. The van der Waals surface area contributed by atoms with E-state index < -0.39 is 5.41 Å². The van der Waals surface area contributed by atoms with E-state index in [2.05, 4.69) is 206 Å². The predicted octanol–water partition coefficient (Wildman–Crippen LogP) is 13.0. The molecule has 3 heteroatoms. The Morgan fingerprint density at radius 3 is 1.95 bits per heavy atom. The fraction of sp³-hybridized carbons (Fsp3) is 0.154. The minimum Gasteiger partial charge on any atom is -0.388 e. The number of nitrogens with zero attached hydrogens (tertiary/aromatic N) is 1. The van der Waals surface area contributed by atoms with E-state index in [-0.39, 0.29) is 5.41 Å². The van der Waals surface area contributed by atoms with E-state index >= 15 is 0 Å². The third-order valence-electron chi connectivity index (χ3n) is 11.2. The van der Waals surface area contributed by atoms with Gasteiger partial charge in [0.15, 0.2) is 0 Å². The first-order chi connectivity index (χ1) is 26.8. The number of benzene rings is 6. The van der Waals surface area contributed by atoms with Gasteiger partial charge in [0.05, 0.1) is 0 Å². The largest absolute Gasteiger partial charge is 0.388 e. The zero-order valence-electron chi connectivity index (χ0n) is 32.1. The first-order valence-corrected chi connectivity index (χ1v) is 19.5. The summed E-state index contributed by atoms with van der Waals surface area (Å²) in [6.07, 6.45) is 17.5. The molecule has 1 heterocycles. The van der Waals surface area contributed by atoms with Gasteiger partial charge in [-0.3, -0.25) is 0 Å². The quantitative estimate of drug-likeness (QED) is 0.119. The van der Waals surface area contributed by atoms with Crippen LogP contribution in [-0.2, 0) is 30.1 Å². The van der Waals surface area contributed by atoms with Gasteiger partial charge in [0.2, 0.25) is 0 Å². The van der Waals surface area contributed by atoms with Crippen LogP contribution in [0.3, 0.4) is 0 Å². The molecule has 1 N–H and O–H groups in total. The lowest BCUT2D eigenvalue weighted by Gasteiger charge is -2.38. The number of allylic oxidation sites excluding steroid dienone is 9. The second-order valence-electron chi connectivity index (χ2n) is 14.8. The van der Waals surface area contributed by atoms with Crippen LogP contribution in [0, 0.1) is 0 Å². The van der Waals surface area contributed by atoms with E-state index in [9.17, 15) is 0 Å². The summed E-state index contributed by atoms with van der Waals surface area (Å²) in [6.45, 7) is 7.16. The maximum atomic E-state index is 6.73. The molecule has 0 saturated heterocycles. The molecule has 55 heavy (non-hydrogen) atoms. The van der Waals surface area contributed by atoms with Gasteiger partial charge >= 0.3 is 0 Å². The molecule has 0 saturated carbocycles. The van der Waals surface area contributed by atoms with Crippen LogP contribution in [0.15, 0.2) is 206 Å². The molecule has 0 fully saturated rings. The van der Waals surface area contributed by atoms with E-state index in [4.69, 9.17) is 18.2 Å². The lowest BCUT2D eigenvalue weighted by molar-refractivity contribution is 0.508. The molecule has 0 aromatic heterocycles. The summed E-state index contributed by atoms with van der Waals surface area (Å²) in [6, 6.07) is 51.7. The highest BCUT2D eigenvalue weighted by Crippen LogP contribution is 2.52. The highest BCUT2D eigenvalue weighted by molar-refractivity contribution is 6.30. The monoisotopic (exact) mass is 736 g/mol. The Morgan fingerprint density at radius 2 is 1.29 bits per heavy atom. The predicted molar refractivity (Wildman–Crippen MR) is 237 cm³/mol. The van der Waals surface area contributed by atoms with Crippen molar-refractivity contribution < 1.29 is 0 Å². The number of fused-ring (bicyclic) bond motifs is 3. The minimum atomic E-state index is -0.466. The van der Waals surface area contributed by atoms with Crippen LogP contribution in [0.5, 0.6) is 0 Å². The summed E-state index contributed by atoms with van der Waals surface area (Å²) in [4.78, 5) is 2.37. The molecule has 1 aliphatic rings. The van der Waals surface area contributed by atoms with Crippen molar-refractivity contribution in [3.05, 3.63) is 239 Å². The summed E-state index contributed by atoms with van der Waals surface area (Å²) < 4.78 is 0. The van der Waals surface area contributed by atoms with Crippen molar-refractivity contribution in [2.24, 2.45) is 0 Å². The number of hydrogen-bond donors (Lipinski definition) is 1. The van der Waals surface area contributed by atoms with Crippen LogP contribution < -0.4 is 10.2 Å². The summed E-state index contributed by atoms with van der Waals surface area (Å²) in [5.41, 5.74) is 10.3. The highest BCUT2D eigenvalue weighted by atomic mass is 35.5. The molecule has 7 rings (SSSR count). The van der Waals surface area contributed by atoms with Gasteiger partial charge in [-0.05, 0) is 101 Å². The number of likely N-dealkylation sites (N-methyl/N-ethyl adjacent to an activating group) is 1. The Bertz CT molecular complexity index is 2350. The zero-order chi connectivity index (χ0) is 38.3. The molecule has 2 nitrogen and oxygen atoms in total. The highest BCUT2D eigenvalue weighted by Gasteiger charge is 2.43. The van der Waals surface area contributed by atoms with Gasteiger partial charge in [-0.2, -0.15) is 0 Å². The summed E-state index contributed by atoms with van der Waals surface area (Å²) >= 11 is 6.73. The standard InChI is InChI=1S/C52H49ClN2/c1-39(52(37-41-24-14-9-15-25-41,38-42-26-16-10-17-27-42)46-35-44(53)32-33-47(46)54-3)21-11-6-5-7-18-30-49-51(2,36-40-22-12-8-13-23-40)50-45-29-20-19-28-43(45)31-34-48(50)55(49)4/h5-35,54H,1,36-38H2,2-4H3/b6-5+,18-7+,21-11+,49-30+. The average molecular weight is 737 g/mol. The Balaban J connectivity index is 1.20. The molecule has 6 aromatic carbocycles. The molecule has 6 aromatic rings. The smallest absolute Gasteiger partial charge is 0.0454 e. The number of halogens is 1. The molecular weight excluding hydrogens is 688 g/mol. The fourth-order valence-corrected chi connectivity index (χ4v) is 8.74. The lowest BCUT2D eigenvalue weighted by atomic mass is 9.66. The summed E-state index contributed by atoms with van der Waals surface area (Å²) in [5.74, 6) is 0. The summed E-state index contributed by atoms with van der Waals surface area (Å²) in [7, 11) is 4.17. The molecule has 1 aliphatic heterocycles. The molecule has 0 bridgehead atoms. The summed E-state index contributed by atoms with van der Waals surface area (Å²) in [5, 5.41) is 6.75. The Hall–Kier alpha value is -5.83. The third-order valence-corrected chi connectivity index (χ3v) is 11.5. The van der Waals surface area contributed by atoms with Gasteiger partial charge in [-0.1, -0.05) is 176 Å². The molecule has 0 radical (unpaired) electrons. The number of anilines is 2. The van der Waals surface area contributed by atoms with Crippen LogP contribution in [0.25, 0.3) is 10.8 Å². The van der Waals surface area contributed by atoms with Crippen LogP contribution in [-0.4, -0.2) is 14.1 Å². The van der Waals surface area contributed by atoms with Crippen LogP contribution in [0.4, 0.5) is 11.4 Å². The van der Waals surface area contributed by atoms with E-state index in [0.29, 0.717) is 5.02 Å². The molecule has 0 spiro atoms. The van der Waals surface area contributed by atoms with E-state index in [1.165, 1.54) is 44.4 Å². The van der Waals surface area contributed by atoms with Gasteiger partial charge in [-0.25, -0.2) is 0 Å². The third kappa shape index (κ3) is 7.88. The first-order valence-electron chi connectivity index (χ1n) is 19.1. The van der Waals surface area contributed by atoms with Crippen molar-refractivity contribution >= 4 is 33.7 Å². The van der Waals surface area contributed by atoms with Gasteiger partial charge in [0, 0.05) is 47.0 Å². The second-order valence-corrected chi connectivity index (χ2v) is 15.2. The van der Waals surface area contributed by atoms with Gasteiger partial charge in [0.25, 0.3) is 0 Å². The van der Waals surface area contributed by atoms with Gasteiger partial charge in [-0.15, -0.1) is 0 Å². The molecular formula is C52H49ClN2. The fourth-order valence-electron chi connectivity index (χ4n) is 8.57. The van der Waals surface area contributed by atoms with Crippen molar-refractivity contribution in [1.29, 1.82) is 0 Å². The van der Waals surface area contributed by atoms with Crippen molar-refractivity contribution in [2.75, 3.05) is 24.3 Å². The molecule has 1 atom stereocenters. The Morgan fingerprint density at radius 1 is 0.709 bits per heavy atom. The molecule has 0 aliphatic carbocycles. The average Bonchev–Trinajstić information content (AvgIpc) is 3.42. The minimum absolute atomic E-state index is 0.203.